The van der Waals surface area contributed by atoms with Gasteiger partial charge in [0, 0.05) is 0 Å². The van der Waals surface area contributed by atoms with Crippen LogP contribution in [0.2, 0.25) is 0 Å². The van der Waals surface area contributed by atoms with Crippen molar-refractivity contribution in [3.8, 4) is 0 Å². The number of carbonyl (C=O) groups excluding carboxylic acids is 2. The Morgan fingerprint density at radius 2 is 1.58 bits per heavy atom. The van der Waals surface area contributed by atoms with Crippen LogP contribution in [0.15, 0.2) is 10.1 Å². The van der Waals surface area contributed by atoms with E-state index in [0.29, 0.717) is 0 Å². The van der Waals surface area contributed by atoms with E-state index in [1.54, 1.807) is 0 Å². The van der Waals surface area contributed by atoms with Gasteiger partial charge in [0.05, 0.1) is 16.5 Å². The first kappa shape index (κ1) is 14.6. The van der Waals surface area contributed by atoms with Gasteiger partial charge in [-0.3, -0.25) is 9.59 Å². The van der Waals surface area contributed by atoms with Gasteiger partial charge in [0.1, 0.15) is 15.2 Å². The molecule has 19 heavy (non-hydrogen) atoms. The van der Waals surface area contributed by atoms with Crippen molar-refractivity contribution in [2.24, 2.45) is 5.41 Å². The Morgan fingerprint density at radius 3 is 1.95 bits per heavy atom. The quantitative estimate of drug-likeness (QED) is 0.363. The molecule has 1 spiro atoms. The van der Waals surface area contributed by atoms with Gasteiger partial charge in [-0.2, -0.15) is 0 Å². The Kier molecular flexibility index (Phi) is 2.82. The normalized spacial score (nSPS) is 47.5. The molecule has 0 aromatic heterocycles. The van der Waals surface area contributed by atoms with Gasteiger partial charge in [-0.25, -0.2) is 0 Å². The summed E-state index contributed by atoms with van der Waals surface area (Å²) in [6.07, 6.45) is -0.400. The standard InChI is InChI=1S/C10H4Cl6O3/c11-4-5(12)9(14)7(1-3(17)19-6(7)18)2-8(4,13)10(9,15)16/h1-2H2/t7-,8-,9+/m0/s1. The molecule has 3 nitrogen and oxygen atoms in total. The number of halogens is 6. The minimum Gasteiger partial charge on any atom is -0.393 e. The Hall–Kier alpha value is 0.620. The first-order valence-corrected chi connectivity index (χ1v) is 7.38. The van der Waals surface area contributed by atoms with E-state index in [2.05, 4.69) is 4.74 Å². The van der Waals surface area contributed by atoms with Crippen molar-refractivity contribution in [3.63, 3.8) is 0 Å². The smallest absolute Gasteiger partial charge is 0.322 e. The molecule has 3 aliphatic rings. The van der Waals surface area contributed by atoms with Gasteiger partial charge in [-0.05, 0) is 6.42 Å². The summed E-state index contributed by atoms with van der Waals surface area (Å²) in [6.45, 7) is 0. The molecule has 0 unspecified atom stereocenters. The van der Waals surface area contributed by atoms with Gasteiger partial charge in [0.25, 0.3) is 0 Å². The second kappa shape index (κ2) is 3.68. The minimum absolute atomic E-state index is 0.00592. The van der Waals surface area contributed by atoms with E-state index in [1.165, 1.54) is 0 Å². The van der Waals surface area contributed by atoms with E-state index in [9.17, 15) is 9.59 Å². The lowest BCUT2D eigenvalue weighted by Gasteiger charge is -2.37. The minimum atomic E-state index is -1.83. The monoisotopic (exact) mass is 382 g/mol. The fourth-order valence-corrected chi connectivity index (χ4v) is 6.04. The zero-order chi connectivity index (χ0) is 14.4. The molecule has 3 atom stereocenters. The Morgan fingerprint density at radius 1 is 1.00 bits per heavy atom. The van der Waals surface area contributed by atoms with Crippen molar-refractivity contribution in [1.82, 2.24) is 0 Å². The summed E-state index contributed by atoms with van der Waals surface area (Å²) in [5.41, 5.74) is -1.49. The Balaban J connectivity index is 2.32. The summed E-state index contributed by atoms with van der Waals surface area (Å²) in [5.74, 6) is -1.55. The number of fused-ring (bicyclic) bond motifs is 3. The number of alkyl halides is 4. The van der Waals surface area contributed by atoms with E-state index in [1.807, 2.05) is 0 Å². The third kappa shape index (κ3) is 1.23. The topological polar surface area (TPSA) is 43.4 Å². The first-order chi connectivity index (χ1) is 8.54. The highest BCUT2D eigenvalue weighted by molar-refractivity contribution is 6.66. The fraction of sp³-hybridized carbons (Fsp3) is 0.600. The number of rotatable bonds is 0. The van der Waals surface area contributed by atoms with Crippen molar-refractivity contribution in [3.05, 3.63) is 10.1 Å². The molecule has 1 saturated heterocycles. The van der Waals surface area contributed by atoms with Gasteiger partial charge in [-0.1, -0.05) is 46.4 Å². The number of ether oxygens (including phenoxy) is 1. The van der Waals surface area contributed by atoms with Crippen LogP contribution in [0, 0.1) is 5.41 Å². The molecule has 9 heteroatoms. The Bertz CT molecular complexity index is 572. The van der Waals surface area contributed by atoms with Crippen LogP contribution >= 0.6 is 69.6 Å². The summed E-state index contributed by atoms with van der Waals surface area (Å²) in [7, 11) is 0. The lowest BCUT2D eigenvalue weighted by atomic mass is 9.73. The SMILES string of the molecule is O=C1C[C@]2(C[C@]3(Cl)C(Cl)=C(Cl)[C@]2(Cl)C3(Cl)Cl)C(=O)O1. The van der Waals surface area contributed by atoms with E-state index in [4.69, 9.17) is 69.6 Å². The summed E-state index contributed by atoms with van der Waals surface area (Å²) in [4.78, 5) is 20.2. The molecular formula is C10H4Cl6O3. The van der Waals surface area contributed by atoms with Crippen LogP contribution in [0.3, 0.4) is 0 Å². The zero-order valence-corrected chi connectivity index (χ0v) is 13.4. The molecule has 104 valence electrons. The number of hydrogen-bond donors (Lipinski definition) is 0. The third-order valence-electron chi connectivity index (χ3n) is 4.02. The molecule has 2 aliphatic carbocycles. The van der Waals surface area contributed by atoms with Gasteiger partial charge < -0.3 is 4.74 Å². The average molecular weight is 385 g/mol. The number of carbonyl (C=O) groups is 2. The molecule has 2 bridgehead atoms. The van der Waals surface area contributed by atoms with Gasteiger partial charge in [0.2, 0.25) is 0 Å². The molecule has 3 rings (SSSR count). The van der Waals surface area contributed by atoms with Crippen LogP contribution in [0.5, 0.6) is 0 Å². The molecule has 2 fully saturated rings. The Labute approximate surface area is 138 Å². The van der Waals surface area contributed by atoms with Gasteiger partial charge in [-0.15, -0.1) is 23.2 Å². The van der Waals surface area contributed by atoms with Crippen LogP contribution in [-0.2, 0) is 14.3 Å². The zero-order valence-electron chi connectivity index (χ0n) is 8.91. The number of esters is 2. The molecule has 0 amide bonds. The van der Waals surface area contributed by atoms with E-state index < -0.39 is 31.4 Å². The van der Waals surface area contributed by atoms with Gasteiger partial charge in [0.15, 0.2) is 4.33 Å². The van der Waals surface area contributed by atoms with Crippen molar-refractivity contribution in [2.75, 3.05) is 0 Å². The van der Waals surface area contributed by atoms with Crippen LogP contribution in [0.4, 0.5) is 0 Å². The maximum absolute atomic E-state index is 12.1. The number of allylic oxidation sites excluding steroid dienone is 2. The fourth-order valence-electron chi connectivity index (χ4n) is 3.06. The molecule has 1 saturated carbocycles. The summed E-state index contributed by atoms with van der Waals surface area (Å²) >= 11 is 37.5. The highest BCUT2D eigenvalue weighted by Crippen LogP contribution is 2.79. The summed E-state index contributed by atoms with van der Waals surface area (Å²) < 4.78 is 2.74. The molecular weight excluding hydrogens is 381 g/mol. The molecule has 0 radical (unpaired) electrons. The highest BCUT2D eigenvalue weighted by Gasteiger charge is 2.87. The van der Waals surface area contributed by atoms with E-state index in [-0.39, 0.29) is 22.9 Å². The van der Waals surface area contributed by atoms with Crippen LogP contribution in [0.1, 0.15) is 12.8 Å². The highest BCUT2D eigenvalue weighted by atomic mass is 35.5. The number of hydrogen-bond acceptors (Lipinski definition) is 3. The summed E-state index contributed by atoms with van der Waals surface area (Å²) in [5, 5.41) is -0.123. The average Bonchev–Trinajstić information content (AvgIpc) is 2.68. The van der Waals surface area contributed by atoms with Gasteiger partial charge >= 0.3 is 11.9 Å². The predicted octanol–water partition coefficient (Wildman–Crippen LogP) is 3.68. The van der Waals surface area contributed by atoms with E-state index in [0.717, 1.165) is 0 Å². The lowest BCUT2D eigenvalue weighted by Crippen LogP contribution is -2.51. The maximum atomic E-state index is 12.1. The lowest BCUT2D eigenvalue weighted by molar-refractivity contribution is -0.155. The second-order valence-electron chi connectivity index (χ2n) is 4.86. The largest absolute Gasteiger partial charge is 0.393 e. The molecule has 0 aromatic rings. The second-order valence-corrected chi connectivity index (χ2v) is 8.15. The first-order valence-electron chi connectivity index (χ1n) is 5.11. The third-order valence-corrected chi connectivity index (χ3v) is 8.34. The molecule has 0 aromatic carbocycles. The van der Waals surface area contributed by atoms with Crippen molar-refractivity contribution in [2.45, 2.75) is 26.9 Å². The van der Waals surface area contributed by atoms with Crippen molar-refractivity contribution in [1.29, 1.82) is 0 Å². The number of cyclic esters (lactones) is 2. The van der Waals surface area contributed by atoms with Crippen LogP contribution in [-0.4, -0.2) is 26.0 Å². The van der Waals surface area contributed by atoms with Crippen LogP contribution in [0.25, 0.3) is 0 Å². The van der Waals surface area contributed by atoms with E-state index >= 15 is 0 Å². The van der Waals surface area contributed by atoms with Crippen molar-refractivity contribution >= 4 is 81.5 Å². The summed E-state index contributed by atoms with van der Waals surface area (Å²) in [6, 6.07) is 0. The van der Waals surface area contributed by atoms with Crippen LogP contribution < -0.4 is 0 Å². The van der Waals surface area contributed by atoms with Crippen molar-refractivity contribution < 1.29 is 14.3 Å². The molecule has 1 heterocycles. The molecule has 1 aliphatic heterocycles. The maximum Gasteiger partial charge on any atom is 0.322 e. The molecule has 0 N–H and O–H groups in total. The predicted molar refractivity (Wildman–Crippen MR) is 73.1 cm³/mol.